The fourth-order valence-electron chi connectivity index (χ4n) is 2.91. The Morgan fingerprint density at radius 1 is 1.35 bits per heavy atom. The molecule has 0 bridgehead atoms. The summed E-state index contributed by atoms with van der Waals surface area (Å²) >= 11 is 0. The van der Waals surface area contributed by atoms with Gasteiger partial charge in [-0.2, -0.15) is 0 Å². The molecule has 5 heteroatoms. The smallest absolute Gasteiger partial charge is 0.239 e. The lowest BCUT2D eigenvalue weighted by Crippen LogP contribution is -2.41. The van der Waals surface area contributed by atoms with Gasteiger partial charge in [-0.1, -0.05) is 6.07 Å². The van der Waals surface area contributed by atoms with Crippen molar-refractivity contribution >= 4 is 5.91 Å². The molecule has 0 saturated carbocycles. The van der Waals surface area contributed by atoms with Crippen LogP contribution in [0.1, 0.15) is 31.4 Å². The maximum atomic E-state index is 12.2. The predicted octanol–water partition coefficient (Wildman–Crippen LogP) is 1.47. The van der Waals surface area contributed by atoms with Crippen LogP contribution < -0.4 is 15.2 Å². The Labute approximate surface area is 118 Å². The second-order valence-electron chi connectivity index (χ2n) is 5.38. The molecule has 3 rings (SSSR count). The average Bonchev–Trinajstić information content (AvgIpc) is 2.95. The lowest BCUT2D eigenvalue weighted by molar-refractivity contribution is -0.133. The minimum Gasteiger partial charge on any atom is -0.486 e. The summed E-state index contributed by atoms with van der Waals surface area (Å²) in [6.07, 6.45) is 1.98. The zero-order chi connectivity index (χ0) is 14.1. The second-order valence-corrected chi connectivity index (χ2v) is 5.38. The summed E-state index contributed by atoms with van der Waals surface area (Å²) in [5.74, 6) is 1.57. The van der Waals surface area contributed by atoms with Gasteiger partial charge in [0.1, 0.15) is 13.2 Å². The summed E-state index contributed by atoms with van der Waals surface area (Å²) in [6.45, 7) is 3.68. The number of fused-ring (bicyclic) bond motifs is 1. The van der Waals surface area contributed by atoms with E-state index in [1.165, 1.54) is 0 Å². The highest BCUT2D eigenvalue weighted by molar-refractivity contribution is 5.82. The molecule has 2 atom stereocenters. The van der Waals surface area contributed by atoms with E-state index >= 15 is 0 Å². The number of benzene rings is 1. The van der Waals surface area contributed by atoms with Gasteiger partial charge >= 0.3 is 0 Å². The average molecular weight is 276 g/mol. The number of carbonyl (C=O) groups excluding carboxylic acids is 1. The molecule has 1 saturated heterocycles. The molecule has 0 spiro atoms. The third kappa shape index (κ3) is 2.33. The molecular weight excluding hydrogens is 256 g/mol. The molecule has 0 aromatic heterocycles. The largest absolute Gasteiger partial charge is 0.486 e. The SMILES string of the molecule is C[C@@H](N)C(=O)N1CCCC1c1ccc2c(c1)OCCO2. The van der Waals surface area contributed by atoms with Crippen molar-refractivity contribution in [1.29, 1.82) is 0 Å². The molecule has 0 aliphatic carbocycles. The van der Waals surface area contributed by atoms with Gasteiger partial charge in [0.15, 0.2) is 11.5 Å². The molecule has 2 heterocycles. The quantitative estimate of drug-likeness (QED) is 0.888. The van der Waals surface area contributed by atoms with Crippen molar-refractivity contribution in [3.05, 3.63) is 23.8 Å². The van der Waals surface area contributed by atoms with Crippen molar-refractivity contribution in [3.8, 4) is 11.5 Å². The van der Waals surface area contributed by atoms with E-state index in [1.54, 1.807) is 6.92 Å². The first-order chi connectivity index (χ1) is 9.66. The topological polar surface area (TPSA) is 64.8 Å². The minimum absolute atomic E-state index is 0.0161. The van der Waals surface area contributed by atoms with Crippen molar-refractivity contribution in [1.82, 2.24) is 4.90 Å². The van der Waals surface area contributed by atoms with E-state index in [2.05, 4.69) is 0 Å². The number of nitrogens with zero attached hydrogens (tertiary/aromatic N) is 1. The van der Waals surface area contributed by atoms with Gasteiger partial charge in [0.05, 0.1) is 12.1 Å². The molecule has 1 fully saturated rings. The number of hydrogen-bond acceptors (Lipinski definition) is 4. The third-order valence-corrected chi connectivity index (χ3v) is 3.88. The first-order valence-electron chi connectivity index (χ1n) is 7.12. The molecular formula is C15H20N2O3. The predicted molar refractivity (Wildman–Crippen MR) is 74.8 cm³/mol. The fraction of sp³-hybridized carbons (Fsp3) is 0.533. The second kappa shape index (κ2) is 5.32. The molecule has 1 aromatic rings. The van der Waals surface area contributed by atoms with Gasteiger partial charge in [0.2, 0.25) is 5.91 Å². The third-order valence-electron chi connectivity index (χ3n) is 3.88. The summed E-state index contributed by atoms with van der Waals surface area (Å²) in [5, 5.41) is 0. The Morgan fingerprint density at radius 3 is 2.85 bits per heavy atom. The van der Waals surface area contributed by atoms with Crippen LogP contribution >= 0.6 is 0 Å². The minimum atomic E-state index is -0.451. The highest BCUT2D eigenvalue weighted by atomic mass is 16.6. The van der Waals surface area contributed by atoms with E-state index in [0.717, 1.165) is 36.4 Å². The number of rotatable bonds is 2. The lowest BCUT2D eigenvalue weighted by atomic mass is 10.0. The van der Waals surface area contributed by atoms with Gasteiger partial charge in [0, 0.05) is 6.54 Å². The van der Waals surface area contributed by atoms with Crippen molar-refractivity contribution in [3.63, 3.8) is 0 Å². The van der Waals surface area contributed by atoms with E-state index < -0.39 is 6.04 Å². The van der Waals surface area contributed by atoms with Gasteiger partial charge < -0.3 is 20.1 Å². The van der Waals surface area contributed by atoms with E-state index in [1.807, 2.05) is 23.1 Å². The number of carbonyl (C=O) groups is 1. The van der Waals surface area contributed by atoms with Crippen molar-refractivity contribution in [2.24, 2.45) is 5.73 Å². The van der Waals surface area contributed by atoms with Crippen LogP contribution in [0.25, 0.3) is 0 Å². The normalized spacial score (nSPS) is 22.7. The van der Waals surface area contributed by atoms with Gasteiger partial charge in [-0.3, -0.25) is 4.79 Å². The zero-order valence-corrected chi connectivity index (χ0v) is 11.7. The molecule has 2 aliphatic rings. The van der Waals surface area contributed by atoms with Crippen molar-refractivity contribution < 1.29 is 14.3 Å². The number of nitrogens with two attached hydrogens (primary N) is 1. The first kappa shape index (κ1) is 13.2. The summed E-state index contributed by atoms with van der Waals surface area (Å²) in [7, 11) is 0. The Morgan fingerprint density at radius 2 is 2.10 bits per heavy atom. The van der Waals surface area contributed by atoms with E-state index in [0.29, 0.717) is 13.2 Å². The summed E-state index contributed by atoms with van der Waals surface area (Å²) in [5.41, 5.74) is 6.83. The summed E-state index contributed by atoms with van der Waals surface area (Å²) in [6, 6.07) is 5.59. The van der Waals surface area contributed by atoms with Gasteiger partial charge in [-0.15, -0.1) is 0 Å². The Bertz CT molecular complexity index is 516. The van der Waals surface area contributed by atoms with Crippen LogP contribution in [0, 0.1) is 0 Å². The molecule has 0 radical (unpaired) electrons. The number of likely N-dealkylation sites (tertiary alicyclic amines) is 1. The highest BCUT2D eigenvalue weighted by Gasteiger charge is 2.32. The number of amides is 1. The number of ether oxygens (including phenoxy) is 2. The van der Waals surface area contributed by atoms with E-state index in [4.69, 9.17) is 15.2 Å². The Kier molecular flexibility index (Phi) is 3.53. The molecule has 108 valence electrons. The fourth-order valence-corrected chi connectivity index (χ4v) is 2.91. The monoisotopic (exact) mass is 276 g/mol. The van der Waals surface area contributed by atoms with E-state index in [-0.39, 0.29) is 11.9 Å². The first-order valence-corrected chi connectivity index (χ1v) is 7.12. The molecule has 1 unspecified atom stereocenters. The lowest BCUT2D eigenvalue weighted by Gasteiger charge is -2.28. The maximum absolute atomic E-state index is 12.2. The van der Waals surface area contributed by atoms with Crippen LogP contribution in [-0.2, 0) is 4.79 Å². The summed E-state index contributed by atoms with van der Waals surface area (Å²) in [4.78, 5) is 14.0. The van der Waals surface area contributed by atoms with Gasteiger partial charge in [-0.05, 0) is 37.5 Å². The van der Waals surface area contributed by atoms with Crippen LogP contribution in [0.15, 0.2) is 18.2 Å². The number of hydrogen-bond donors (Lipinski definition) is 1. The van der Waals surface area contributed by atoms with Gasteiger partial charge in [0.25, 0.3) is 0 Å². The van der Waals surface area contributed by atoms with Gasteiger partial charge in [-0.25, -0.2) is 0 Å². The van der Waals surface area contributed by atoms with E-state index in [9.17, 15) is 4.79 Å². The molecule has 2 N–H and O–H groups in total. The van der Waals surface area contributed by atoms with Crippen molar-refractivity contribution in [2.75, 3.05) is 19.8 Å². The van der Waals surface area contributed by atoms with Crippen LogP contribution in [0.4, 0.5) is 0 Å². The Hall–Kier alpha value is -1.75. The van der Waals surface area contributed by atoms with Crippen LogP contribution in [0.2, 0.25) is 0 Å². The molecule has 2 aliphatic heterocycles. The Balaban J connectivity index is 1.86. The highest BCUT2D eigenvalue weighted by Crippen LogP contribution is 2.38. The molecule has 1 aromatic carbocycles. The molecule has 1 amide bonds. The maximum Gasteiger partial charge on any atom is 0.239 e. The van der Waals surface area contributed by atoms with Crippen molar-refractivity contribution in [2.45, 2.75) is 31.8 Å². The standard InChI is InChI=1S/C15H20N2O3/c1-10(16)15(18)17-6-2-3-12(17)11-4-5-13-14(9-11)20-8-7-19-13/h4-5,9-10,12H,2-3,6-8,16H2,1H3/t10-,12?/m1/s1. The van der Waals surface area contributed by atoms with Crippen LogP contribution in [0.3, 0.4) is 0 Å². The van der Waals surface area contributed by atoms with Crippen LogP contribution in [-0.4, -0.2) is 36.6 Å². The molecule has 20 heavy (non-hydrogen) atoms. The summed E-state index contributed by atoms with van der Waals surface area (Å²) < 4.78 is 11.1. The van der Waals surface area contributed by atoms with Crippen LogP contribution in [0.5, 0.6) is 11.5 Å². The zero-order valence-electron chi connectivity index (χ0n) is 11.7. The molecule has 5 nitrogen and oxygen atoms in total.